The number of carboxylic acid groups (broad SMARTS) is 1. The summed E-state index contributed by atoms with van der Waals surface area (Å²) in [7, 11) is 0. The molecule has 0 aromatic rings. The summed E-state index contributed by atoms with van der Waals surface area (Å²) in [6.45, 7) is 5.56. The largest absolute Gasteiger partial charge is 0.481 e. The van der Waals surface area contributed by atoms with Gasteiger partial charge >= 0.3 is 5.97 Å². The van der Waals surface area contributed by atoms with Crippen molar-refractivity contribution in [1.82, 2.24) is 4.90 Å². The van der Waals surface area contributed by atoms with Crippen molar-refractivity contribution in [3.63, 3.8) is 0 Å². The van der Waals surface area contributed by atoms with Gasteiger partial charge in [0.25, 0.3) is 0 Å². The minimum absolute atomic E-state index is 0.0932. The average Bonchev–Trinajstić information content (AvgIpc) is 2.73. The summed E-state index contributed by atoms with van der Waals surface area (Å²) in [5.41, 5.74) is 0. The van der Waals surface area contributed by atoms with Crippen LogP contribution in [0, 0.1) is 17.8 Å². The molecule has 1 heterocycles. The van der Waals surface area contributed by atoms with Gasteiger partial charge in [-0.05, 0) is 50.6 Å². The highest BCUT2D eigenvalue weighted by Gasteiger charge is 2.34. The average molecular weight is 225 g/mol. The monoisotopic (exact) mass is 225 g/mol. The summed E-state index contributed by atoms with van der Waals surface area (Å²) in [5, 5.41) is 9.28. The Morgan fingerprint density at radius 1 is 1.31 bits per heavy atom. The van der Waals surface area contributed by atoms with Crippen LogP contribution in [0.25, 0.3) is 0 Å². The zero-order valence-electron chi connectivity index (χ0n) is 10.2. The van der Waals surface area contributed by atoms with Gasteiger partial charge in [0.05, 0.1) is 5.92 Å². The molecule has 0 amide bonds. The topological polar surface area (TPSA) is 40.5 Å². The maximum atomic E-state index is 11.3. The van der Waals surface area contributed by atoms with Crippen molar-refractivity contribution in [2.24, 2.45) is 17.8 Å². The zero-order chi connectivity index (χ0) is 11.5. The molecule has 1 aliphatic heterocycles. The van der Waals surface area contributed by atoms with E-state index in [2.05, 4.69) is 11.8 Å². The number of hydrogen-bond acceptors (Lipinski definition) is 2. The van der Waals surface area contributed by atoms with Crippen molar-refractivity contribution in [2.75, 3.05) is 19.6 Å². The molecule has 0 aromatic carbocycles. The first-order chi connectivity index (χ1) is 7.66. The zero-order valence-corrected chi connectivity index (χ0v) is 10.2. The van der Waals surface area contributed by atoms with E-state index < -0.39 is 5.97 Å². The van der Waals surface area contributed by atoms with Crippen LogP contribution in [0.1, 0.15) is 39.0 Å². The van der Waals surface area contributed by atoms with E-state index in [9.17, 15) is 9.90 Å². The summed E-state index contributed by atoms with van der Waals surface area (Å²) in [6.07, 6.45) is 5.78. The van der Waals surface area contributed by atoms with Crippen LogP contribution in [0.4, 0.5) is 0 Å². The summed E-state index contributed by atoms with van der Waals surface area (Å²) in [4.78, 5) is 13.7. The number of hydrogen-bond donors (Lipinski definition) is 1. The van der Waals surface area contributed by atoms with Gasteiger partial charge in [0, 0.05) is 6.54 Å². The Morgan fingerprint density at radius 3 is 2.62 bits per heavy atom. The maximum Gasteiger partial charge on any atom is 0.306 e. The number of aliphatic carboxylic acids is 1. The van der Waals surface area contributed by atoms with E-state index in [-0.39, 0.29) is 5.92 Å². The van der Waals surface area contributed by atoms with E-state index >= 15 is 0 Å². The summed E-state index contributed by atoms with van der Waals surface area (Å²) >= 11 is 0. The van der Waals surface area contributed by atoms with Crippen molar-refractivity contribution in [2.45, 2.75) is 39.0 Å². The van der Waals surface area contributed by atoms with Crippen LogP contribution in [-0.2, 0) is 4.79 Å². The molecule has 0 aromatic heterocycles. The van der Waals surface area contributed by atoms with Crippen molar-refractivity contribution in [1.29, 1.82) is 0 Å². The van der Waals surface area contributed by atoms with Gasteiger partial charge < -0.3 is 10.0 Å². The smallest absolute Gasteiger partial charge is 0.306 e. The fourth-order valence-electron chi connectivity index (χ4n) is 3.26. The Bertz CT molecular complexity index is 248. The van der Waals surface area contributed by atoms with Gasteiger partial charge in [-0.2, -0.15) is 0 Å². The molecular weight excluding hydrogens is 202 g/mol. The predicted octanol–water partition coefficient (Wildman–Crippen LogP) is 2.22. The summed E-state index contributed by atoms with van der Waals surface area (Å²) in [5.74, 6) is 0.322. The molecule has 2 fully saturated rings. The highest BCUT2D eigenvalue weighted by atomic mass is 16.4. The van der Waals surface area contributed by atoms with Crippen molar-refractivity contribution in [3.8, 4) is 0 Å². The molecule has 2 aliphatic rings. The van der Waals surface area contributed by atoms with E-state index in [1.165, 1.54) is 32.4 Å². The van der Waals surface area contributed by atoms with Gasteiger partial charge in [-0.3, -0.25) is 4.79 Å². The molecule has 1 N–H and O–H groups in total. The highest BCUT2D eigenvalue weighted by Crippen LogP contribution is 2.34. The number of nitrogens with zero attached hydrogens (tertiary/aromatic N) is 1. The summed E-state index contributed by atoms with van der Waals surface area (Å²) in [6, 6.07) is 0. The van der Waals surface area contributed by atoms with E-state index in [0.29, 0.717) is 11.8 Å². The van der Waals surface area contributed by atoms with Crippen molar-refractivity contribution < 1.29 is 9.90 Å². The van der Waals surface area contributed by atoms with E-state index in [4.69, 9.17) is 0 Å². The molecule has 0 radical (unpaired) electrons. The molecule has 1 aliphatic carbocycles. The fraction of sp³-hybridized carbons (Fsp3) is 0.923. The van der Waals surface area contributed by atoms with Gasteiger partial charge in [0.2, 0.25) is 0 Å². The Morgan fingerprint density at radius 2 is 2.00 bits per heavy atom. The molecule has 1 saturated heterocycles. The molecule has 3 heteroatoms. The molecule has 1 saturated carbocycles. The van der Waals surface area contributed by atoms with Crippen LogP contribution < -0.4 is 0 Å². The lowest BCUT2D eigenvalue weighted by Crippen LogP contribution is -2.37. The molecule has 1 unspecified atom stereocenters. The third-order valence-corrected chi connectivity index (χ3v) is 4.26. The van der Waals surface area contributed by atoms with Crippen molar-refractivity contribution >= 4 is 5.97 Å². The standard InChI is InChI=1S/C13H23NO2/c1-10-4-5-11(12(8-10)13(15)16)9-14-6-2-3-7-14/h10-12H,2-9H2,1H3,(H,15,16)/t10?,11-,12-/m0/s1. The Hall–Kier alpha value is -0.570. The van der Waals surface area contributed by atoms with Crippen molar-refractivity contribution in [3.05, 3.63) is 0 Å². The van der Waals surface area contributed by atoms with Crippen LogP contribution in [0.15, 0.2) is 0 Å². The SMILES string of the molecule is CC1CC[C@@H](CN2CCCC2)[C@@H](C(=O)O)C1. The fourth-order valence-corrected chi connectivity index (χ4v) is 3.26. The third-order valence-electron chi connectivity index (χ3n) is 4.26. The molecule has 3 atom stereocenters. The lowest BCUT2D eigenvalue weighted by atomic mass is 9.74. The lowest BCUT2D eigenvalue weighted by Gasteiger charge is -2.34. The Labute approximate surface area is 97.8 Å². The second kappa shape index (κ2) is 5.17. The quantitative estimate of drug-likeness (QED) is 0.800. The Kier molecular flexibility index (Phi) is 3.85. The highest BCUT2D eigenvalue weighted by molar-refractivity contribution is 5.70. The van der Waals surface area contributed by atoms with Gasteiger partial charge in [-0.1, -0.05) is 13.3 Å². The van der Waals surface area contributed by atoms with Crippen LogP contribution >= 0.6 is 0 Å². The van der Waals surface area contributed by atoms with Gasteiger partial charge in [0.1, 0.15) is 0 Å². The number of carbonyl (C=O) groups is 1. The van der Waals surface area contributed by atoms with Crippen LogP contribution in [0.5, 0.6) is 0 Å². The third kappa shape index (κ3) is 2.76. The minimum atomic E-state index is -0.573. The van der Waals surface area contributed by atoms with E-state index in [0.717, 1.165) is 19.4 Å². The minimum Gasteiger partial charge on any atom is -0.481 e. The predicted molar refractivity (Wildman–Crippen MR) is 63.3 cm³/mol. The van der Waals surface area contributed by atoms with Gasteiger partial charge in [-0.15, -0.1) is 0 Å². The number of likely N-dealkylation sites (tertiary alicyclic amines) is 1. The Balaban J connectivity index is 1.92. The van der Waals surface area contributed by atoms with Gasteiger partial charge in [0.15, 0.2) is 0 Å². The van der Waals surface area contributed by atoms with Gasteiger partial charge in [-0.25, -0.2) is 0 Å². The maximum absolute atomic E-state index is 11.3. The second-order valence-electron chi connectivity index (χ2n) is 5.63. The first kappa shape index (κ1) is 11.9. The molecule has 0 spiro atoms. The van der Waals surface area contributed by atoms with Crippen LogP contribution in [0.2, 0.25) is 0 Å². The lowest BCUT2D eigenvalue weighted by molar-refractivity contribution is -0.145. The first-order valence-corrected chi connectivity index (χ1v) is 6.62. The number of carboxylic acids is 1. The molecule has 16 heavy (non-hydrogen) atoms. The normalized spacial score (nSPS) is 36.4. The molecule has 2 rings (SSSR count). The van der Waals surface area contributed by atoms with Crippen LogP contribution in [0.3, 0.4) is 0 Å². The molecule has 92 valence electrons. The molecule has 3 nitrogen and oxygen atoms in total. The molecular formula is C13H23NO2. The van der Waals surface area contributed by atoms with Crippen LogP contribution in [-0.4, -0.2) is 35.6 Å². The number of rotatable bonds is 3. The summed E-state index contributed by atoms with van der Waals surface area (Å²) < 4.78 is 0. The van der Waals surface area contributed by atoms with E-state index in [1.54, 1.807) is 0 Å². The molecule has 0 bridgehead atoms. The first-order valence-electron chi connectivity index (χ1n) is 6.62. The second-order valence-corrected chi connectivity index (χ2v) is 5.63. The van der Waals surface area contributed by atoms with E-state index in [1.807, 2.05) is 0 Å².